The average molecular weight is 262 g/mol. The zero-order chi connectivity index (χ0) is 13.0. The second kappa shape index (κ2) is 5.98. The van der Waals surface area contributed by atoms with E-state index in [0.717, 1.165) is 11.4 Å². The summed E-state index contributed by atoms with van der Waals surface area (Å²) in [6.45, 7) is 4.28. The van der Waals surface area contributed by atoms with Gasteiger partial charge in [0.2, 0.25) is 0 Å². The van der Waals surface area contributed by atoms with Crippen molar-refractivity contribution in [2.75, 3.05) is 7.11 Å². The van der Waals surface area contributed by atoms with Crippen molar-refractivity contribution in [1.29, 1.82) is 0 Å². The normalized spacial score (nSPS) is 14.2. The minimum atomic E-state index is 0.248. The molecule has 0 aliphatic carbocycles. The third-order valence-electron chi connectivity index (χ3n) is 2.99. The van der Waals surface area contributed by atoms with Gasteiger partial charge in [-0.2, -0.15) is 0 Å². The molecule has 2 atom stereocenters. The summed E-state index contributed by atoms with van der Waals surface area (Å²) in [7, 11) is 1.69. The van der Waals surface area contributed by atoms with Gasteiger partial charge >= 0.3 is 0 Å². The summed E-state index contributed by atoms with van der Waals surface area (Å²) in [5, 5.41) is 5.62. The van der Waals surface area contributed by atoms with E-state index in [4.69, 9.17) is 4.74 Å². The lowest BCUT2D eigenvalue weighted by Crippen LogP contribution is -2.22. The quantitative estimate of drug-likeness (QED) is 0.894. The molecule has 0 radical (unpaired) electrons. The molecule has 0 saturated carbocycles. The first kappa shape index (κ1) is 13.1. The van der Waals surface area contributed by atoms with Gasteiger partial charge in [0, 0.05) is 17.5 Å². The molecule has 0 amide bonds. The fourth-order valence-electron chi connectivity index (χ4n) is 1.90. The van der Waals surface area contributed by atoms with E-state index < -0.39 is 0 Å². The summed E-state index contributed by atoms with van der Waals surface area (Å²) < 4.78 is 5.24. The Balaban J connectivity index is 2.04. The molecule has 96 valence electrons. The van der Waals surface area contributed by atoms with E-state index in [9.17, 15) is 0 Å². The molecule has 4 heteroatoms. The van der Waals surface area contributed by atoms with E-state index in [1.165, 1.54) is 5.56 Å². The van der Waals surface area contributed by atoms with E-state index in [2.05, 4.69) is 41.7 Å². The molecule has 1 N–H and O–H groups in total. The molecule has 0 bridgehead atoms. The molecular weight excluding hydrogens is 244 g/mol. The number of thiazole rings is 1. The molecule has 1 aromatic carbocycles. The largest absolute Gasteiger partial charge is 0.497 e. The highest BCUT2D eigenvalue weighted by molar-refractivity contribution is 7.07. The van der Waals surface area contributed by atoms with Crippen LogP contribution in [0.3, 0.4) is 0 Å². The van der Waals surface area contributed by atoms with Gasteiger partial charge in [-0.3, -0.25) is 0 Å². The van der Waals surface area contributed by atoms with E-state index in [0.29, 0.717) is 0 Å². The number of hydrogen-bond donors (Lipinski definition) is 1. The van der Waals surface area contributed by atoms with Gasteiger partial charge in [-0.25, -0.2) is 4.98 Å². The predicted octanol–water partition coefficient (Wildman–Crippen LogP) is 3.56. The van der Waals surface area contributed by atoms with E-state index in [-0.39, 0.29) is 12.1 Å². The fourth-order valence-corrected chi connectivity index (χ4v) is 2.55. The van der Waals surface area contributed by atoms with Crippen molar-refractivity contribution in [3.05, 3.63) is 46.4 Å². The maximum Gasteiger partial charge on any atom is 0.119 e. The van der Waals surface area contributed by atoms with E-state index >= 15 is 0 Å². The second-order valence-electron chi connectivity index (χ2n) is 4.30. The third kappa shape index (κ3) is 3.09. The topological polar surface area (TPSA) is 34.1 Å². The summed E-state index contributed by atoms with van der Waals surface area (Å²) >= 11 is 1.63. The molecule has 0 fully saturated rings. The number of benzene rings is 1. The highest BCUT2D eigenvalue weighted by Gasteiger charge is 2.12. The van der Waals surface area contributed by atoms with Gasteiger partial charge in [0.05, 0.1) is 18.3 Å². The van der Waals surface area contributed by atoms with Crippen LogP contribution in [0.5, 0.6) is 5.75 Å². The number of nitrogens with one attached hydrogen (secondary N) is 1. The number of methoxy groups -OCH3 is 1. The molecule has 0 spiro atoms. The summed E-state index contributed by atoms with van der Waals surface area (Å²) in [5.74, 6) is 0.891. The van der Waals surface area contributed by atoms with Crippen LogP contribution in [0.2, 0.25) is 0 Å². The number of hydrogen-bond acceptors (Lipinski definition) is 4. The van der Waals surface area contributed by atoms with Crippen molar-refractivity contribution in [2.24, 2.45) is 0 Å². The molecule has 3 nitrogen and oxygen atoms in total. The minimum Gasteiger partial charge on any atom is -0.497 e. The van der Waals surface area contributed by atoms with Gasteiger partial charge in [0.1, 0.15) is 5.75 Å². The molecular formula is C14H18N2OS. The van der Waals surface area contributed by atoms with Gasteiger partial charge < -0.3 is 10.1 Å². The van der Waals surface area contributed by atoms with Crippen LogP contribution in [-0.4, -0.2) is 12.1 Å². The van der Waals surface area contributed by atoms with Gasteiger partial charge in [-0.15, -0.1) is 11.3 Å². The van der Waals surface area contributed by atoms with Gasteiger partial charge in [-0.05, 0) is 31.5 Å². The molecule has 0 aliphatic rings. The van der Waals surface area contributed by atoms with Crippen molar-refractivity contribution in [2.45, 2.75) is 25.9 Å². The lowest BCUT2D eigenvalue weighted by molar-refractivity contribution is 0.412. The number of ether oxygens (including phenoxy) is 1. The summed E-state index contributed by atoms with van der Waals surface area (Å²) in [5.41, 5.74) is 4.18. The fraction of sp³-hybridized carbons (Fsp3) is 0.357. The van der Waals surface area contributed by atoms with Crippen LogP contribution in [0.4, 0.5) is 0 Å². The monoisotopic (exact) mass is 262 g/mol. The maximum atomic E-state index is 5.24. The molecule has 1 unspecified atom stereocenters. The Hall–Kier alpha value is -1.39. The zero-order valence-electron chi connectivity index (χ0n) is 10.9. The first-order chi connectivity index (χ1) is 8.70. The first-order valence-electron chi connectivity index (χ1n) is 5.99. The lowest BCUT2D eigenvalue weighted by atomic mass is 10.1. The van der Waals surface area contributed by atoms with Crippen molar-refractivity contribution in [3.8, 4) is 5.75 Å². The first-order valence-corrected chi connectivity index (χ1v) is 6.93. The number of aromatic nitrogens is 1. The standard InChI is InChI=1S/C14H18N2OS/c1-10(12-5-4-6-13(7-12)17-3)16-11(2)14-8-18-9-15-14/h4-11,16H,1-3H3/t10-,11?/m1/s1. The molecule has 0 saturated heterocycles. The van der Waals surface area contributed by atoms with Crippen molar-refractivity contribution in [3.63, 3.8) is 0 Å². The van der Waals surface area contributed by atoms with Crippen LogP contribution in [-0.2, 0) is 0 Å². The van der Waals surface area contributed by atoms with Gasteiger partial charge in [0.15, 0.2) is 0 Å². The number of nitrogens with zero attached hydrogens (tertiary/aromatic N) is 1. The Morgan fingerprint density at radius 3 is 2.78 bits per heavy atom. The Kier molecular flexibility index (Phi) is 4.33. The summed E-state index contributed by atoms with van der Waals surface area (Å²) in [4.78, 5) is 4.33. The van der Waals surface area contributed by atoms with Crippen LogP contribution in [0.25, 0.3) is 0 Å². The van der Waals surface area contributed by atoms with Gasteiger partial charge in [-0.1, -0.05) is 12.1 Å². The lowest BCUT2D eigenvalue weighted by Gasteiger charge is -2.19. The third-order valence-corrected chi connectivity index (χ3v) is 3.59. The summed E-state index contributed by atoms with van der Waals surface area (Å²) in [6.07, 6.45) is 0. The Labute approximate surface area is 112 Å². The summed E-state index contributed by atoms with van der Waals surface area (Å²) in [6, 6.07) is 8.65. The smallest absolute Gasteiger partial charge is 0.119 e. The minimum absolute atomic E-state index is 0.248. The van der Waals surface area contributed by atoms with Crippen LogP contribution >= 0.6 is 11.3 Å². The molecule has 2 rings (SSSR count). The maximum absolute atomic E-state index is 5.24. The highest BCUT2D eigenvalue weighted by atomic mass is 32.1. The van der Waals surface area contributed by atoms with Crippen LogP contribution in [0.15, 0.2) is 35.2 Å². The molecule has 2 aromatic rings. The van der Waals surface area contributed by atoms with Gasteiger partial charge in [0.25, 0.3) is 0 Å². The molecule has 18 heavy (non-hydrogen) atoms. The average Bonchev–Trinajstić information content (AvgIpc) is 2.92. The van der Waals surface area contributed by atoms with E-state index in [1.54, 1.807) is 18.4 Å². The SMILES string of the molecule is COc1cccc([C@@H](C)NC(C)c2cscn2)c1. The molecule has 1 aromatic heterocycles. The van der Waals surface area contributed by atoms with Crippen LogP contribution in [0.1, 0.15) is 37.2 Å². The zero-order valence-corrected chi connectivity index (χ0v) is 11.7. The number of rotatable bonds is 5. The highest BCUT2D eigenvalue weighted by Crippen LogP contribution is 2.22. The Morgan fingerprint density at radius 1 is 1.28 bits per heavy atom. The van der Waals surface area contributed by atoms with Crippen LogP contribution < -0.4 is 10.1 Å². The van der Waals surface area contributed by atoms with Crippen LogP contribution in [0, 0.1) is 0 Å². The molecule has 1 heterocycles. The van der Waals surface area contributed by atoms with Crippen molar-refractivity contribution in [1.82, 2.24) is 10.3 Å². The van der Waals surface area contributed by atoms with Crippen molar-refractivity contribution >= 4 is 11.3 Å². The second-order valence-corrected chi connectivity index (χ2v) is 5.02. The predicted molar refractivity (Wildman–Crippen MR) is 75.1 cm³/mol. The van der Waals surface area contributed by atoms with E-state index in [1.807, 2.05) is 17.6 Å². The Morgan fingerprint density at radius 2 is 2.11 bits per heavy atom. The van der Waals surface area contributed by atoms with Crippen molar-refractivity contribution < 1.29 is 4.74 Å². The Bertz CT molecular complexity index is 484. The molecule has 0 aliphatic heterocycles.